The lowest BCUT2D eigenvalue weighted by Crippen LogP contribution is -2.27. The van der Waals surface area contributed by atoms with Gasteiger partial charge in [-0.3, -0.25) is 4.79 Å². The maximum atomic E-state index is 13.9. The van der Waals surface area contributed by atoms with Crippen LogP contribution in [0.25, 0.3) is 11.4 Å². The van der Waals surface area contributed by atoms with Gasteiger partial charge in [0.2, 0.25) is 11.1 Å². The molecule has 6 nitrogen and oxygen atoms in total. The second-order valence-corrected chi connectivity index (χ2v) is 7.05. The molecule has 0 fully saturated rings. The molecule has 3 aromatic rings. The number of halogens is 1. The molecule has 0 atom stereocenters. The van der Waals surface area contributed by atoms with Crippen LogP contribution in [-0.2, 0) is 11.3 Å². The van der Waals surface area contributed by atoms with E-state index in [4.69, 9.17) is 5.84 Å². The fraction of sp³-hybridized carbons (Fsp3) is 0.188. The molecular formula is C16H16FN5OS2. The van der Waals surface area contributed by atoms with Crippen molar-refractivity contribution in [2.45, 2.75) is 11.7 Å². The topological polar surface area (TPSA) is 77.0 Å². The number of nitrogens with zero attached hydrogens (tertiary/aromatic N) is 4. The van der Waals surface area contributed by atoms with E-state index in [2.05, 4.69) is 10.2 Å². The summed E-state index contributed by atoms with van der Waals surface area (Å²) in [6.45, 7) is 0.554. The summed E-state index contributed by atoms with van der Waals surface area (Å²) in [6.07, 6.45) is 0. The molecule has 0 aliphatic rings. The minimum absolute atomic E-state index is 0.0494. The zero-order valence-corrected chi connectivity index (χ0v) is 15.1. The Morgan fingerprint density at radius 3 is 2.88 bits per heavy atom. The van der Waals surface area contributed by atoms with Crippen molar-refractivity contribution < 1.29 is 9.18 Å². The predicted octanol–water partition coefficient (Wildman–Crippen LogP) is 2.61. The normalized spacial score (nSPS) is 10.8. The summed E-state index contributed by atoms with van der Waals surface area (Å²) in [6, 6.07) is 8.19. The zero-order valence-electron chi connectivity index (χ0n) is 13.4. The van der Waals surface area contributed by atoms with E-state index >= 15 is 0 Å². The van der Waals surface area contributed by atoms with Crippen molar-refractivity contribution in [3.63, 3.8) is 0 Å². The number of hydrogen-bond donors (Lipinski definition) is 1. The van der Waals surface area contributed by atoms with Gasteiger partial charge in [0.15, 0.2) is 5.82 Å². The molecule has 25 heavy (non-hydrogen) atoms. The molecule has 3 rings (SSSR count). The highest BCUT2D eigenvalue weighted by Crippen LogP contribution is 2.23. The van der Waals surface area contributed by atoms with E-state index in [0.29, 0.717) is 11.7 Å². The summed E-state index contributed by atoms with van der Waals surface area (Å²) in [5, 5.41) is 12.2. The molecule has 2 aromatic heterocycles. The van der Waals surface area contributed by atoms with E-state index in [1.165, 1.54) is 22.5 Å². The Morgan fingerprint density at radius 1 is 1.36 bits per heavy atom. The van der Waals surface area contributed by atoms with Crippen LogP contribution in [0, 0.1) is 5.82 Å². The van der Waals surface area contributed by atoms with Gasteiger partial charge in [0.05, 0.1) is 11.3 Å². The highest BCUT2D eigenvalue weighted by atomic mass is 32.2. The highest BCUT2D eigenvalue weighted by Gasteiger charge is 2.17. The van der Waals surface area contributed by atoms with Crippen molar-refractivity contribution >= 4 is 29.0 Å². The van der Waals surface area contributed by atoms with Gasteiger partial charge in [-0.05, 0) is 34.5 Å². The van der Waals surface area contributed by atoms with Crippen molar-refractivity contribution in [2.24, 2.45) is 0 Å². The number of carbonyl (C=O) groups is 1. The van der Waals surface area contributed by atoms with Crippen LogP contribution in [0.2, 0.25) is 0 Å². The number of hydrogen-bond acceptors (Lipinski definition) is 6. The number of thioether (sulfide) groups is 1. The second kappa shape index (κ2) is 7.66. The van der Waals surface area contributed by atoms with E-state index in [9.17, 15) is 9.18 Å². The smallest absolute Gasteiger partial charge is 0.233 e. The van der Waals surface area contributed by atoms with E-state index in [-0.39, 0.29) is 23.0 Å². The summed E-state index contributed by atoms with van der Waals surface area (Å²) in [5.74, 6) is 5.88. The molecule has 0 saturated heterocycles. The lowest BCUT2D eigenvalue weighted by atomic mass is 10.2. The molecule has 0 bridgehead atoms. The largest absolute Gasteiger partial charge is 0.341 e. The summed E-state index contributed by atoms with van der Waals surface area (Å²) in [4.78, 5) is 13.9. The molecule has 1 aromatic carbocycles. The minimum Gasteiger partial charge on any atom is -0.341 e. The molecule has 2 heterocycles. The monoisotopic (exact) mass is 377 g/mol. The quantitative estimate of drug-likeness (QED) is 0.528. The first-order chi connectivity index (χ1) is 12.1. The van der Waals surface area contributed by atoms with Crippen LogP contribution < -0.4 is 5.84 Å². The number of nitrogens with two attached hydrogens (primary N) is 1. The van der Waals surface area contributed by atoms with Gasteiger partial charge >= 0.3 is 0 Å². The first-order valence-electron chi connectivity index (χ1n) is 7.39. The van der Waals surface area contributed by atoms with Gasteiger partial charge in [-0.25, -0.2) is 9.07 Å². The van der Waals surface area contributed by atoms with Gasteiger partial charge in [-0.1, -0.05) is 23.9 Å². The molecule has 130 valence electrons. The standard InChI is InChI=1S/C16H16FN5OS2/c1-21(8-11-6-7-24-9-11)14(23)10-25-16-20-19-15(22(16)18)12-4-2-3-5-13(12)17/h2-7,9H,8,10,18H2,1H3. The molecule has 0 unspecified atom stereocenters. The average molecular weight is 377 g/mol. The van der Waals surface area contributed by atoms with Crippen molar-refractivity contribution in [1.29, 1.82) is 0 Å². The van der Waals surface area contributed by atoms with Crippen LogP contribution in [0.5, 0.6) is 0 Å². The molecule has 0 radical (unpaired) electrons. The Balaban J connectivity index is 1.64. The summed E-state index contributed by atoms with van der Waals surface area (Å²) < 4.78 is 15.1. The first-order valence-corrected chi connectivity index (χ1v) is 9.32. The van der Waals surface area contributed by atoms with E-state index in [0.717, 1.165) is 5.56 Å². The van der Waals surface area contributed by atoms with Crippen LogP contribution in [0.15, 0.2) is 46.2 Å². The Kier molecular flexibility index (Phi) is 5.34. The summed E-state index contributed by atoms with van der Waals surface area (Å²) >= 11 is 2.77. The van der Waals surface area contributed by atoms with E-state index < -0.39 is 5.82 Å². The minimum atomic E-state index is -0.426. The number of aromatic nitrogens is 3. The number of thiophene rings is 1. The van der Waals surface area contributed by atoms with Crippen molar-refractivity contribution in [2.75, 3.05) is 18.6 Å². The van der Waals surface area contributed by atoms with Gasteiger partial charge in [-0.15, -0.1) is 10.2 Å². The summed E-state index contributed by atoms with van der Waals surface area (Å²) in [7, 11) is 1.75. The predicted molar refractivity (Wildman–Crippen MR) is 97.1 cm³/mol. The zero-order chi connectivity index (χ0) is 17.8. The third kappa shape index (κ3) is 3.99. The van der Waals surface area contributed by atoms with Gasteiger partial charge in [0.1, 0.15) is 5.82 Å². The number of carbonyl (C=O) groups excluding carboxylic acids is 1. The molecule has 2 N–H and O–H groups in total. The molecule has 0 aliphatic carbocycles. The number of nitrogen functional groups attached to an aromatic ring is 1. The van der Waals surface area contributed by atoms with Gasteiger partial charge in [-0.2, -0.15) is 11.3 Å². The fourth-order valence-electron chi connectivity index (χ4n) is 2.18. The molecule has 0 aliphatic heterocycles. The second-order valence-electron chi connectivity index (χ2n) is 5.33. The van der Waals surface area contributed by atoms with Crippen LogP contribution in [0.1, 0.15) is 5.56 Å². The molecular weight excluding hydrogens is 361 g/mol. The Bertz CT molecular complexity index is 865. The van der Waals surface area contributed by atoms with Crippen molar-refractivity contribution in [3.05, 3.63) is 52.5 Å². The van der Waals surface area contributed by atoms with Crippen LogP contribution in [-0.4, -0.2) is 38.5 Å². The molecule has 0 spiro atoms. The molecule has 9 heteroatoms. The number of benzene rings is 1. The maximum absolute atomic E-state index is 13.9. The molecule has 1 amide bonds. The Labute approximate surface area is 152 Å². The Hall–Kier alpha value is -2.39. The van der Waals surface area contributed by atoms with Crippen molar-refractivity contribution in [1.82, 2.24) is 19.8 Å². The Morgan fingerprint density at radius 2 is 2.16 bits per heavy atom. The first kappa shape index (κ1) is 17.4. The molecule has 0 saturated carbocycles. The highest BCUT2D eigenvalue weighted by molar-refractivity contribution is 7.99. The SMILES string of the molecule is CN(Cc1ccsc1)C(=O)CSc1nnc(-c2ccccc2F)n1N. The lowest BCUT2D eigenvalue weighted by Gasteiger charge is -2.15. The third-order valence-electron chi connectivity index (χ3n) is 3.53. The van der Waals surface area contributed by atoms with E-state index in [1.807, 2.05) is 16.8 Å². The van der Waals surface area contributed by atoms with Gasteiger partial charge in [0, 0.05) is 13.6 Å². The fourth-order valence-corrected chi connectivity index (χ4v) is 3.64. The van der Waals surface area contributed by atoms with Gasteiger partial charge in [0.25, 0.3) is 0 Å². The van der Waals surface area contributed by atoms with Gasteiger partial charge < -0.3 is 10.7 Å². The van der Waals surface area contributed by atoms with Crippen LogP contribution in [0.4, 0.5) is 4.39 Å². The van der Waals surface area contributed by atoms with Crippen LogP contribution in [0.3, 0.4) is 0 Å². The van der Waals surface area contributed by atoms with Crippen LogP contribution >= 0.6 is 23.1 Å². The van der Waals surface area contributed by atoms with Crippen molar-refractivity contribution in [3.8, 4) is 11.4 Å². The summed E-state index contributed by atoms with van der Waals surface area (Å²) in [5.41, 5.74) is 1.36. The number of amides is 1. The lowest BCUT2D eigenvalue weighted by molar-refractivity contribution is -0.127. The maximum Gasteiger partial charge on any atom is 0.233 e. The van der Waals surface area contributed by atoms with E-state index in [1.54, 1.807) is 41.5 Å². The average Bonchev–Trinajstić information content (AvgIpc) is 3.23. The number of rotatable bonds is 6. The third-order valence-corrected chi connectivity index (χ3v) is 5.19.